The molecule has 1 unspecified atom stereocenters. The summed E-state index contributed by atoms with van der Waals surface area (Å²) in [6.45, 7) is 6.29. The number of aromatic amines is 2. The molecule has 1 heterocycles. The number of fused-ring (bicyclic) bond motifs is 1. The summed E-state index contributed by atoms with van der Waals surface area (Å²) in [5.74, 6) is -0.121. The van der Waals surface area contributed by atoms with Crippen molar-refractivity contribution in [3.8, 4) is 0 Å². The first-order chi connectivity index (χ1) is 9.73. The molecular weight excluding hydrogens is 268 g/mol. The minimum absolute atomic E-state index is 0.100. The van der Waals surface area contributed by atoms with Gasteiger partial charge in [-0.1, -0.05) is 20.8 Å². The SMILES string of the molecule is CC(C)(C)CC(N)CC(=O)Nc1ccc2[nH]c(=O)[nH]c2c1. The maximum Gasteiger partial charge on any atom is 0.323 e. The van der Waals surface area contributed by atoms with Crippen LogP contribution in [0, 0.1) is 5.41 Å². The zero-order chi connectivity index (χ0) is 15.6. The molecule has 5 N–H and O–H groups in total. The standard InChI is InChI=1S/C15H22N4O2/c1-15(2,3)8-9(16)6-13(20)17-10-4-5-11-12(7-10)19-14(21)18-11/h4-5,7,9H,6,8,16H2,1-3H3,(H,17,20)(H2,18,19,21). The van der Waals surface area contributed by atoms with Gasteiger partial charge in [0.1, 0.15) is 0 Å². The second kappa shape index (κ2) is 5.73. The van der Waals surface area contributed by atoms with Gasteiger partial charge in [-0.2, -0.15) is 0 Å². The number of rotatable bonds is 4. The van der Waals surface area contributed by atoms with Crippen molar-refractivity contribution in [2.75, 3.05) is 5.32 Å². The molecule has 0 spiro atoms. The summed E-state index contributed by atoms with van der Waals surface area (Å²) in [5.41, 5.74) is 7.85. The number of carbonyl (C=O) groups is 1. The zero-order valence-electron chi connectivity index (χ0n) is 12.6. The van der Waals surface area contributed by atoms with Gasteiger partial charge in [0.15, 0.2) is 0 Å². The Labute approximate surface area is 123 Å². The summed E-state index contributed by atoms with van der Waals surface area (Å²) >= 11 is 0. The first kappa shape index (κ1) is 15.3. The molecule has 0 radical (unpaired) electrons. The van der Waals surface area contributed by atoms with E-state index in [9.17, 15) is 9.59 Å². The number of aromatic nitrogens is 2. The van der Waals surface area contributed by atoms with Crippen LogP contribution in [0.2, 0.25) is 0 Å². The van der Waals surface area contributed by atoms with Crippen LogP contribution in [0.5, 0.6) is 0 Å². The van der Waals surface area contributed by atoms with Crippen LogP contribution in [0.4, 0.5) is 5.69 Å². The Morgan fingerprint density at radius 3 is 2.62 bits per heavy atom. The fourth-order valence-electron chi connectivity index (χ4n) is 2.42. The lowest BCUT2D eigenvalue weighted by molar-refractivity contribution is -0.116. The first-order valence-electron chi connectivity index (χ1n) is 7.00. The van der Waals surface area contributed by atoms with Gasteiger partial charge in [0.25, 0.3) is 0 Å². The maximum absolute atomic E-state index is 12.0. The summed E-state index contributed by atoms with van der Waals surface area (Å²) in [6.07, 6.45) is 1.06. The minimum atomic E-state index is -0.263. The lowest BCUT2D eigenvalue weighted by Crippen LogP contribution is -2.31. The van der Waals surface area contributed by atoms with E-state index in [0.717, 1.165) is 6.42 Å². The van der Waals surface area contributed by atoms with E-state index in [1.54, 1.807) is 18.2 Å². The molecule has 1 amide bonds. The highest BCUT2D eigenvalue weighted by molar-refractivity contribution is 5.93. The molecule has 0 aliphatic heterocycles. The van der Waals surface area contributed by atoms with Crippen molar-refractivity contribution in [2.24, 2.45) is 11.1 Å². The molecular formula is C15H22N4O2. The Kier molecular flexibility index (Phi) is 4.18. The quantitative estimate of drug-likeness (QED) is 0.691. The van der Waals surface area contributed by atoms with Crippen LogP contribution in [0.15, 0.2) is 23.0 Å². The number of nitrogens with two attached hydrogens (primary N) is 1. The number of hydrogen-bond acceptors (Lipinski definition) is 3. The van der Waals surface area contributed by atoms with Gasteiger partial charge in [-0.3, -0.25) is 4.79 Å². The van der Waals surface area contributed by atoms with Crippen LogP contribution in [-0.4, -0.2) is 21.9 Å². The molecule has 114 valence electrons. The van der Waals surface area contributed by atoms with Crippen molar-refractivity contribution in [1.29, 1.82) is 0 Å². The number of H-pyrrole nitrogens is 2. The monoisotopic (exact) mass is 290 g/mol. The van der Waals surface area contributed by atoms with E-state index in [1.807, 2.05) is 0 Å². The largest absolute Gasteiger partial charge is 0.327 e. The average molecular weight is 290 g/mol. The third-order valence-electron chi connectivity index (χ3n) is 3.12. The second-order valence-corrected chi connectivity index (χ2v) is 6.62. The first-order valence-corrected chi connectivity index (χ1v) is 7.00. The van der Waals surface area contributed by atoms with Crippen molar-refractivity contribution in [1.82, 2.24) is 9.97 Å². The van der Waals surface area contributed by atoms with Crippen LogP contribution in [0.3, 0.4) is 0 Å². The van der Waals surface area contributed by atoms with Crippen molar-refractivity contribution >= 4 is 22.6 Å². The minimum Gasteiger partial charge on any atom is -0.327 e. The molecule has 2 aromatic rings. The van der Waals surface area contributed by atoms with Crippen LogP contribution in [-0.2, 0) is 4.79 Å². The molecule has 6 nitrogen and oxygen atoms in total. The molecule has 2 rings (SSSR count). The van der Waals surface area contributed by atoms with Gasteiger partial charge in [0, 0.05) is 18.2 Å². The predicted molar refractivity (Wildman–Crippen MR) is 84.2 cm³/mol. The molecule has 1 aromatic carbocycles. The van der Waals surface area contributed by atoms with E-state index in [1.165, 1.54) is 0 Å². The Morgan fingerprint density at radius 2 is 1.95 bits per heavy atom. The van der Waals surface area contributed by atoms with E-state index < -0.39 is 0 Å². The maximum atomic E-state index is 12.0. The zero-order valence-corrected chi connectivity index (χ0v) is 12.6. The highest BCUT2D eigenvalue weighted by Crippen LogP contribution is 2.21. The molecule has 1 aromatic heterocycles. The number of hydrogen-bond donors (Lipinski definition) is 4. The van der Waals surface area contributed by atoms with Crippen molar-refractivity contribution in [2.45, 2.75) is 39.7 Å². The lowest BCUT2D eigenvalue weighted by atomic mass is 9.87. The highest BCUT2D eigenvalue weighted by Gasteiger charge is 2.18. The fraction of sp³-hybridized carbons (Fsp3) is 0.467. The third kappa shape index (κ3) is 4.46. The molecule has 1 atom stereocenters. The molecule has 0 saturated carbocycles. The average Bonchev–Trinajstić information content (AvgIpc) is 2.65. The van der Waals surface area contributed by atoms with E-state index in [0.29, 0.717) is 16.7 Å². The fourth-order valence-corrected chi connectivity index (χ4v) is 2.42. The number of amides is 1. The Bertz CT molecular complexity index is 693. The smallest absolute Gasteiger partial charge is 0.323 e. The molecule has 0 aliphatic rings. The Hall–Kier alpha value is -2.08. The summed E-state index contributed by atoms with van der Waals surface area (Å²) in [7, 11) is 0. The molecule has 0 aliphatic carbocycles. The molecule has 21 heavy (non-hydrogen) atoms. The number of nitrogens with one attached hydrogen (secondary N) is 3. The van der Waals surface area contributed by atoms with Crippen molar-refractivity contribution < 1.29 is 4.79 Å². The predicted octanol–water partition coefficient (Wildman–Crippen LogP) is 1.95. The van der Waals surface area contributed by atoms with Crippen LogP contribution in [0.1, 0.15) is 33.6 Å². The van der Waals surface area contributed by atoms with E-state index in [2.05, 4.69) is 36.1 Å². The number of carbonyl (C=O) groups excluding carboxylic acids is 1. The highest BCUT2D eigenvalue weighted by atomic mass is 16.1. The van der Waals surface area contributed by atoms with Gasteiger partial charge in [0.2, 0.25) is 5.91 Å². The van der Waals surface area contributed by atoms with E-state index >= 15 is 0 Å². The Balaban J connectivity index is 1.99. The normalized spacial score (nSPS) is 13.3. The molecule has 6 heteroatoms. The van der Waals surface area contributed by atoms with E-state index in [-0.39, 0.29) is 29.5 Å². The number of anilines is 1. The van der Waals surface area contributed by atoms with Gasteiger partial charge in [-0.05, 0) is 30.0 Å². The van der Waals surface area contributed by atoms with Crippen LogP contribution in [0.25, 0.3) is 11.0 Å². The van der Waals surface area contributed by atoms with E-state index in [4.69, 9.17) is 5.73 Å². The van der Waals surface area contributed by atoms with Gasteiger partial charge in [-0.15, -0.1) is 0 Å². The Morgan fingerprint density at radius 1 is 1.29 bits per heavy atom. The van der Waals surface area contributed by atoms with Gasteiger partial charge < -0.3 is 21.0 Å². The van der Waals surface area contributed by atoms with Gasteiger partial charge >= 0.3 is 5.69 Å². The second-order valence-electron chi connectivity index (χ2n) is 6.62. The number of imidazole rings is 1. The molecule has 0 bridgehead atoms. The summed E-state index contributed by atoms with van der Waals surface area (Å²) in [6, 6.07) is 5.05. The van der Waals surface area contributed by atoms with Gasteiger partial charge in [0.05, 0.1) is 11.0 Å². The summed E-state index contributed by atoms with van der Waals surface area (Å²) in [5, 5.41) is 2.81. The third-order valence-corrected chi connectivity index (χ3v) is 3.12. The topological polar surface area (TPSA) is 104 Å². The lowest BCUT2D eigenvalue weighted by Gasteiger charge is -2.22. The number of benzene rings is 1. The van der Waals surface area contributed by atoms with Crippen LogP contribution < -0.4 is 16.7 Å². The van der Waals surface area contributed by atoms with Crippen molar-refractivity contribution in [3.05, 3.63) is 28.7 Å². The molecule has 0 fully saturated rings. The summed E-state index contributed by atoms with van der Waals surface area (Å²) < 4.78 is 0. The van der Waals surface area contributed by atoms with Gasteiger partial charge in [-0.25, -0.2) is 4.79 Å². The van der Waals surface area contributed by atoms with Crippen molar-refractivity contribution in [3.63, 3.8) is 0 Å². The van der Waals surface area contributed by atoms with Crippen LogP contribution >= 0.6 is 0 Å². The molecule has 0 saturated heterocycles. The summed E-state index contributed by atoms with van der Waals surface area (Å²) in [4.78, 5) is 28.5.